The third kappa shape index (κ3) is 5.54. The third-order valence-corrected chi connectivity index (χ3v) is 7.86. The number of aromatic nitrogens is 1. The normalized spacial score (nSPS) is 14.8. The largest absolute Gasteiger partial charge is 0.480 e. The summed E-state index contributed by atoms with van der Waals surface area (Å²) < 4.78 is 14.0. The van der Waals surface area contributed by atoms with Gasteiger partial charge in [0.1, 0.15) is 12.4 Å². The molecule has 2 heterocycles. The summed E-state index contributed by atoms with van der Waals surface area (Å²) >= 11 is 10.9. The lowest BCUT2D eigenvalue weighted by Gasteiger charge is -2.25. The molecule has 1 aromatic heterocycles. The Morgan fingerprint density at radius 1 is 1.18 bits per heavy atom. The van der Waals surface area contributed by atoms with Crippen molar-refractivity contribution < 1.29 is 14.3 Å². The number of thiazole rings is 1. The molecule has 4 aromatic rings. The zero-order valence-electron chi connectivity index (χ0n) is 21.3. The molecular formula is C31H22BrClN2O4S. The minimum absolute atomic E-state index is 0.0869. The number of terminal acetylenes is 1. The van der Waals surface area contributed by atoms with Crippen molar-refractivity contribution in [1.29, 1.82) is 0 Å². The number of ether oxygens (including phenoxy) is 2. The molecule has 0 spiro atoms. The van der Waals surface area contributed by atoms with Crippen LogP contribution in [0, 0.1) is 12.3 Å². The molecule has 0 aliphatic carbocycles. The lowest BCUT2D eigenvalue weighted by Crippen LogP contribution is -2.40. The summed E-state index contributed by atoms with van der Waals surface area (Å²) in [5, 5.41) is 0.537. The van der Waals surface area contributed by atoms with Crippen LogP contribution in [-0.4, -0.2) is 23.8 Å². The summed E-state index contributed by atoms with van der Waals surface area (Å²) in [5.74, 6) is 2.46. The van der Waals surface area contributed by atoms with Gasteiger partial charge in [-0.15, -0.1) is 6.42 Å². The molecule has 40 heavy (non-hydrogen) atoms. The van der Waals surface area contributed by atoms with E-state index in [1.807, 2.05) is 42.5 Å². The van der Waals surface area contributed by atoms with Crippen LogP contribution in [0.1, 0.15) is 29.7 Å². The molecule has 1 aliphatic heterocycles. The summed E-state index contributed by atoms with van der Waals surface area (Å²) in [6.07, 6.45) is 7.14. The highest BCUT2D eigenvalue weighted by molar-refractivity contribution is 9.10. The number of nitrogens with zero attached hydrogens (tertiary/aromatic N) is 2. The monoisotopic (exact) mass is 632 g/mol. The fourth-order valence-electron chi connectivity index (χ4n) is 4.43. The number of benzene rings is 3. The van der Waals surface area contributed by atoms with E-state index in [2.05, 4.69) is 21.9 Å². The van der Waals surface area contributed by atoms with Crippen molar-refractivity contribution in [2.24, 2.45) is 4.99 Å². The van der Waals surface area contributed by atoms with Crippen molar-refractivity contribution in [3.63, 3.8) is 0 Å². The highest BCUT2D eigenvalue weighted by atomic mass is 79.9. The number of esters is 1. The number of halogens is 2. The third-order valence-electron chi connectivity index (χ3n) is 6.13. The van der Waals surface area contributed by atoms with Crippen LogP contribution < -0.4 is 19.6 Å². The summed E-state index contributed by atoms with van der Waals surface area (Å²) in [7, 11) is 0. The van der Waals surface area contributed by atoms with Crippen molar-refractivity contribution in [2.45, 2.75) is 13.0 Å². The predicted octanol–water partition coefficient (Wildman–Crippen LogP) is 5.36. The molecule has 5 rings (SSSR count). The van der Waals surface area contributed by atoms with Gasteiger partial charge in [-0.25, -0.2) is 9.79 Å². The average molecular weight is 634 g/mol. The first-order valence-corrected chi connectivity index (χ1v) is 14.3. The smallest absolute Gasteiger partial charge is 0.338 e. The fraction of sp³-hybridized carbons (Fsp3) is 0.129. The number of hydrogen-bond acceptors (Lipinski definition) is 6. The lowest BCUT2D eigenvalue weighted by atomic mass is 9.93. The van der Waals surface area contributed by atoms with Crippen LogP contribution in [0.3, 0.4) is 0 Å². The molecule has 0 fully saturated rings. The second-order valence-electron chi connectivity index (χ2n) is 8.66. The Morgan fingerprint density at radius 2 is 1.93 bits per heavy atom. The number of hydrogen-bond donors (Lipinski definition) is 0. The van der Waals surface area contributed by atoms with Crippen LogP contribution in [0.5, 0.6) is 5.75 Å². The zero-order valence-corrected chi connectivity index (χ0v) is 24.4. The van der Waals surface area contributed by atoms with Crippen LogP contribution in [0.15, 0.2) is 92.6 Å². The van der Waals surface area contributed by atoms with E-state index in [1.54, 1.807) is 47.9 Å². The molecule has 0 saturated carbocycles. The first-order valence-electron chi connectivity index (χ1n) is 12.3. The number of rotatable bonds is 7. The van der Waals surface area contributed by atoms with Gasteiger partial charge in [-0.1, -0.05) is 87.3 Å². The molecule has 3 aromatic carbocycles. The maximum Gasteiger partial charge on any atom is 0.338 e. The van der Waals surface area contributed by atoms with Crippen molar-refractivity contribution in [2.75, 3.05) is 13.2 Å². The highest BCUT2D eigenvalue weighted by Crippen LogP contribution is 2.35. The Hall–Kier alpha value is -3.90. The Morgan fingerprint density at radius 3 is 2.62 bits per heavy atom. The molecule has 6 nitrogen and oxygen atoms in total. The summed E-state index contributed by atoms with van der Waals surface area (Å²) in [6, 6.07) is 21.1. The molecule has 0 radical (unpaired) electrons. The number of fused-ring (bicyclic) bond motifs is 1. The molecule has 0 bridgehead atoms. The van der Waals surface area contributed by atoms with E-state index in [9.17, 15) is 9.59 Å². The van der Waals surface area contributed by atoms with Gasteiger partial charge < -0.3 is 9.47 Å². The van der Waals surface area contributed by atoms with Gasteiger partial charge in [-0.2, -0.15) is 0 Å². The van der Waals surface area contributed by atoms with E-state index < -0.39 is 12.0 Å². The van der Waals surface area contributed by atoms with E-state index in [4.69, 9.17) is 32.5 Å². The van der Waals surface area contributed by atoms with Gasteiger partial charge in [0, 0.05) is 20.6 Å². The van der Waals surface area contributed by atoms with Crippen LogP contribution in [0.2, 0.25) is 5.02 Å². The standard InChI is InChI=1S/C31H22BrClN2O4S/c1-3-16-39-24-15-12-22(32)17-21(24)18-25-29(36)35-28(20-10-13-23(33)14-11-20)26(30(37)38-4-2)27(34-31(35)40-25)19-8-6-5-7-9-19/h1,5-15,17-18,28H,4,16H2,2H3/b25-18-/t28-/m0/s1. The Bertz CT molecular complexity index is 1840. The second-order valence-corrected chi connectivity index (χ2v) is 11.0. The molecule has 0 unspecified atom stereocenters. The Kier molecular flexibility index (Phi) is 8.36. The van der Waals surface area contributed by atoms with Crippen molar-refractivity contribution in [3.8, 4) is 18.1 Å². The van der Waals surface area contributed by atoms with Crippen molar-refractivity contribution >= 4 is 56.6 Å². The minimum Gasteiger partial charge on any atom is -0.480 e. The molecule has 200 valence electrons. The predicted molar refractivity (Wildman–Crippen MR) is 161 cm³/mol. The van der Waals surface area contributed by atoms with Crippen LogP contribution >= 0.6 is 38.9 Å². The van der Waals surface area contributed by atoms with Crippen molar-refractivity contribution in [3.05, 3.63) is 124 Å². The second kappa shape index (κ2) is 12.1. The van der Waals surface area contributed by atoms with Gasteiger partial charge in [0.15, 0.2) is 4.80 Å². The first kappa shape index (κ1) is 27.7. The van der Waals surface area contributed by atoms with Crippen LogP contribution in [-0.2, 0) is 9.53 Å². The zero-order chi connectivity index (χ0) is 28.2. The Labute approximate surface area is 248 Å². The van der Waals surface area contributed by atoms with E-state index in [1.165, 1.54) is 11.3 Å². The summed E-state index contributed by atoms with van der Waals surface area (Å²) in [5.41, 5.74) is 2.52. The summed E-state index contributed by atoms with van der Waals surface area (Å²) in [4.78, 5) is 32.9. The van der Waals surface area contributed by atoms with Gasteiger partial charge in [0.05, 0.1) is 28.5 Å². The van der Waals surface area contributed by atoms with Gasteiger partial charge in [-0.05, 0) is 48.9 Å². The van der Waals surface area contributed by atoms with Gasteiger partial charge >= 0.3 is 5.97 Å². The minimum atomic E-state index is -0.787. The molecular weight excluding hydrogens is 612 g/mol. The van der Waals surface area contributed by atoms with Gasteiger partial charge in [-0.3, -0.25) is 9.36 Å². The molecule has 0 saturated heterocycles. The molecule has 9 heteroatoms. The highest BCUT2D eigenvalue weighted by Gasteiger charge is 2.35. The molecule has 1 aliphatic rings. The maximum atomic E-state index is 14.0. The topological polar surface area (TPSA) is 69.9 Å². The van der Waals surface area contributed by atoms with Crippen LogP contribution in [0.25, 0.3) is 11.8 Å². The first-order chi connectivity index (χ1) is 19.4. The summed E-state index contributed by atoms with van der Waals surface area (Å²) in [6.45, 7) is 2.00. The number of carbonyl (C=O) groups is 1. The van der Waals surface area contributed by atoms with Crippen molar-refractivity contribution in [1.82, 2.24) is 4.57 Å². The Balaban J connectivity index is 1.81. The van der Waals surface area contributed by atoms with E-state index >= 15 is 0 Å². The van der Waals surface area contributed by atoms with E-state index in [0.29, 0.717) is 36.9 Å². The molecule has 0 N–H and O–H groups in total. The number of carbonyl (C=O) groups excluding carboxylic acids is 1. The fourth-order valence-corrected chi connectivity index (χ4v) is 5.92. The van der Waals surface area contributed by atoms with Gasteiger partial charge in [0.25, 0.3) is 5.56 Å². The van der Waals surface area contributed by atoms with E-state index in [-0.39, 0.29) is 24.3 Å². The van der Waals surface area contributed by atoms with Crippen LogP contribution in [0.4, 0.5) is 0 Å². The average Bonchev–Trinajstić information content (AvgIpc) is 3.27. The quantitative estimate of drug-likeness (QED) is 0.203. The maximum absolute atomic E-state index is 14.0. The van der Waals surface area contributed by atoms with Gasteiger partial charge in [0.2, 0.25) is 0 Å². The SMILES string of the molecule is C#CCOc1ccc(Br)cc1/C=c1\sc2n(c1=O)[C@@H](c1ccc(Cl)cc1)C(C(=O)OCC)=C(c1ccccc1)N=2. The van der Waals surface area contributed by atoms with E-state index in [0.717, 1.165) is 10.0 Å². The molecule has 0 amide bonds. The molecule has 1 atom stereocenters. The lowest BCUT2D eigenvalue weighted by molar-refractivity contribution is -0.138.